The normalized spacial score (nSPS) is 20.1. The Bertz CT molecular complexity index is 1020. The summed E-state index contributed by atoms with van der Waals surface area (Å²) in [4.78, 5) is 42.3. The summed E-state index contributed by atoms with van der Waals surface area (Å²) in [6, 6.07) is 13.9. The number of nitrogens with one attached hydrogen (secondary N) is 1. The Labute approximate surface area is 193 Å². The maximum absolute atomic E-state index is 13.4. The monoisotopic (exact) mass is 451 g/mol. The molecule has 2 heterocycles. The lowest BCUT2D eigenvalue weighted by molar-refractivity contribution is -0.140. The molecule has 4 rings (SSSR count). The highest BCUT2D eigenvalue weighted by Crippen LogP contribution is 2.34. The zero-order chi connectivity index (χ0) is 23.4. The molecule has 2 aromatic carbocycles. The van der Waals surface area contributed by atoms with Crippen molar-refractivity contribution in [3.05, 3.63) is 48.5 Å². The van der Waals surface area contributed by atoms with Gasteiger partial charge in [-0.05, 0) is 56.2 Å². The van der Waals surface area contributed by atoms with E-state index in [9.17, 15) is 14.4 Å². The van der Waals surface area contributed by atoms with Gasteiger partial charge < -0.3 is 24.6 Å². The number of para-hydroxylation sites is 2. The molecule has 0 bridgehead atoms. The predicted octanol–water partition coefficient (Wildman–Crippen LogP) is 3.08. The molecule has 2 saturated heterocycles. The molecule has 2 unspecified atom stereocenters. The number of likely N-dealkylation sites (tertiary alicyclic amines) is 1. The van der Waals surface area contributed by atoms with Gasteiger partial charge in [0.15, 0.2) is 0 Å². The van der Waals surface area contributed by atoms with Gasteiger partial charge in [-0.1, -0.05) is 12.1 Å². The molecule has 2 atom stereocenters. The first-order chi connectivity index (χ1) is 16.0. The lowest BCUT2D eigenvalue weighted by Crippen LogP contribution is -2.46. The Hall–Kier alpha value is -3.55. The second-order valence-corrected chi connectivity index (χ2v) is 8.21. The van der Waals surface area contributed by atoms with Crippen molar-refractivity contribution < 1.29 is 23.9 Å². The van der Waals surface area contributed by atoms with Crippen molar-refractivity contribution in [2.75, 3.05) is 37.0 Å². The van der Waals surface area contributed by atoms with Gasteiger partial charge in [-0.2, -0.15) is 0 Å². The number of hydrogen-bond acceptors (Lipinski definition) is 5. The number of rotatable bonds is 7. The van der Waals surface area contributed by atoms with Crippen molar-refractivity contribution in [2.45, 2.75) is 32.2 Å². The molecule has 33 heavy (non-hydrogen) atoms. The molecule has 0 aromatic heterocycles. The molecule has 1 N–H and O–H groups in total. The molecule has 0 radical (unpaired) electrons. The van der Waals surface area contributed by atoms with Crippen LogP contribution in [0.3, 0.4) is 0 Å². The van der Waals surface area contributed by atoms with Gasteiger partial charge in [-0.15, -0.1) is 0 Å². The van der Waals surface area contributed by atoms with E-state index in [1.165, 1.54) is 0 Å². The van der Waals surface area contributed by atoms with Gasteiger partial charge in [0.2, 0.25) is 17.7 Å². The minimum Gasteiger partial charge on any atom is -0.497 e. The van der Waals surface area contributed by atoms with Crippen molar-refractivity contribution in [2.24, 2.45) is 5.92 Å². The van der Waals surface area contributed by atoms with Crippen LogP contribution in [0.4, 0.5) is 11.4 Å². The average Bonchev–Trinajstić information content (AvgIpc) is 3.47. The van der Waals surface area contributed by atoms with E-state index in [0.29, 0.717) is 42.4 Å². The highest BCUT2D eigenvalue weighted by Gasteiger charge is 2.42. The van der Waals surface area contributed by atoms with Gasteiger partial charge in [0.05, 0.1) is 25.3 Å². The summed E-state index contributed by atoms with van der Waals surface area (Å²) < 4.78 is 10.8. The molecule has 2 aromatic rings. The van der Waals surface area contributed by atoms with Gasteiger partial charge in [0.25, 0.3) is 0 Å². The molecular formula is C25H29N3O5. The van der Waals surface area contributed by atoms with Crippen LogP contribution in [0.5, 0.6) is 11.5 Å². The summed E-state index contributed by atoms with van der Waals surface area (Å²) in [5.41, 5.74) is 1.32. The fourth-order valence-corrected chi connectivity index (χ4v) is 4.50. The number of benzene rings is 2. The van der Waals surface area contributed by atoms with E-state index in [1.807, 2.05) is 31.2 Å². The van der Waals surface area contributed by atoms with E-state index in [0.717, 1.165) is 6.42 Å². The Morgan fingerprint density at radius 2 is 1.88 bits per heavy atom. The fraction of sp³-hybridized carbons (Fsp3) is 0.400. The Morgan fingerprint density at radius 1 is 1.12 bits per heavy atom. The summed E-state index contributed by atoms with van der Waals surface area (Å²) >= 11 is 0. The number of carbonyl (C=O) groups is 3. The molecule has 8 nitrogen and oxygen atoms in total. The maximum Gasteiger partial charge on any atom is 0.247 e. The summed E-state index contributed by atoms with van der Waals surface area (Å²) in [5.74, 6) is 0.368. The van der Waals surface area contributed by atoms with Crippen LogP contribution in [0.2, 0.25) is 0 Å². The molecular weight excluding hydrogens is 422 g/mol. The van der Waals surface area contributed by atoms with Crippen molar-refractivity contribution in [1.82, 2.24) is 4.90 Å². The molecule has 0 spiro atoms. The summed E-state index contributed by atoms with van der Waals surface area (Å²) in [6.07, 6.45) is 1.48. The Morgan fingerprint density at radius 3 is 2.61 bits per heavy atom. The van der Waals surface area contributed by atoms with Crippen LogP contribution < -0.4 is 19.7 Å². The largest absolute Gasteiger partial charge is 0.497 e. The number of carbonyl (C=O) groups excluding carboxylic acids is 3. The Kier molecular flexibility index (Phi) is 6.82. The van der Waals surface area contributed by atoms with Crippen molar-refractivity contribution in [1.29, 1.82) is 0 Å². The van der Waals surface area contributed by atoms with Crippen molar-refractivity contribution in [3.8, 4) is 11.5 Å². The summed E-state index contributed by atoms with van der Waals surface area (Å²) in [6.45, 7) is 3.17. The summed E-state index contributed by atoms with van der Waals surface area (Å²) in [7, 11) is 1.58. The number of nitrogens with zero attached hydrogens (tertiary/aromatic N) is 2. The second kappa shape index (κ2) is 9.94. The van der Waals surface area contributed by atoms with Gasteiger partial charge in [0.1, 0.15) is 17.5 Å². The number of hydrogen-bond donors (Lipinski definition) is 1. The third-order valence-electron chi connectivity index (χ3n) is 6.13. The molecule has 174 valence electrons. The SMILES string of the molecule is CCOc1ccccc1N1CC(C(=O)N2CCCC2C(=O)Nc2ccc(OC)cc2)CC1=O. The van der Waals surface area contributed by atoms with Crippen molar-refractivity contribution >= 4 is 29.1 Å². The van der Waals surface area contributed by atoms with Gasteiger partial charge in [-0.3, -0.25) is 14.4 Å². The Balaban J connectivity index is 1.44. The predicted molar refractivity (Wildman–Crippen MR) is 124 cm³/mol. The highest BCUT2D eigenvalue weighted by atomic mass is 16.5. The first-order valence-electron chi connectivity index (χ1n) is 11.3. The van der Waals surface area contributed by atoms with E-state index in [1.54, 1.807) is 41.2 Å². The van der Waals surface area contributed by atoms with Crippen molar-refractivity contribution in [3.63, 3.8) is 0 Å². The fourth-order valence-electron chi connectivity index (χ4n) is 4.50. The maximum atomic E-state index is 13.4. The summed E-state index contributed by atoms with van der Waals surface area (Å²) in [5, 5.41) is 2.89. The zero-order valence-corrected chi connectivity index (χ0v) is 19.0. The quantitative estimate of drug-likeness (QED) is 0.699. The molecule has 8 heteroatoms. The highest BCUT2D eigenvalue weighted by molar-refractivity contribution is 6.03. The third-order valence-corrected chi connectivity index (χ3v) is 6.13. The van der Waals surface area contributed by atoms with Crippen LogP contribution in [0.1, 0.15) is 26.2 Å². The standard InChI is InChI=1S/C25H29N3O5/c1-3-33-22-9-5-4-7-20(22)28-16-17(15-23(28)29)25(31)27-14-6-8-21(27)24(30)26-18-10-12-19(32-2)13-11-18/h4-5,7,9-13,17,21H,3,6,8,14-16H2,1-2H3,(H,26,30). The average molecular weight is 452 g/mol. The minimum absolute atomic E-state index is 0.112. The van der Waals surface area contributed by atoms with E-state index in [-0.39, 0.29) is 30.7 Å². The number of methoxy groups -OCH3 is 1. The lowest BCUT2D eigenvalue weighted by atomic mass is 10.1. The minimum atomic E-state index is -0.542. The number of amides is 3. The second-order valence-electron chi connectivity index (χ2n) is 8.21. The van der Waals surface area contributed by atoms with Gasteiger partial charge in [-0.25, -0.2) is 0 Å². The first kappa shape index (κ1) is 22.6. The van der Waals surface area contributed by atoms with Crippen LogP contribution in [0.25, 0.3) is 0 Å². The lowest BCUT2D eigenvalue weighted by Gasteiger charge is -2.27. The number of ether oxygens (including phenoxy) is 2. The molecule has 3 amide bonds. The third kappa shape index (κ3) is 4.79. The smallest absolute Gasteiger partial charge is 0.247 e. The first-order valence-corrected chi connectivity index (χ1v) is 11.3. The van der Waals surface area contributed by atoms with E-state index in [4.69, 9.17) is 9.47 Å². The molecule has 2 aliphatic heterocycles. The van der Waals surface area contributed by atoms with Gasteiger partial charge in [0, 0.05) is 25.2 Å². The van der Waals surface area contributed by atoms with E-state index in [2.05, 4.69) is 5.32 Å². The van der Waals surface area contributed by atoms with Crippen LogP contribution in [0, 0.1) is 5.92 Å². The zero-order valence-electron chi connectivity index (χ0n) is 19.0. The van der Waals surface area contributed by atoms with Gasteiger partial charge >= 0.3 is 0 Å². The molecule has 2 aliphatic rings. The number of anilines is 2. The van der Waals surface area contributed by atoms with Crippen LogP contribution >= 0.6 is 0 Å². The van der Waals surface area contributed by atoms with Crippen LogP contribution in [-0.2, 0) is 14.4 Å². The van der Waals surface area contributed by atoms with Crippen LogP contribution in [0.15, 0.2) is 48.5 Å². The molecule has 2 fully saturated rings. The molecule has 0 saturated carbocycles. The van der Waals surface area contributed by atoms with E-state index >= 15 is 0 Å². The molecule has 0 aliphatic carbocycles. The topological polar surface area (TPSA) is 88.2 Å². The van der Waals surface area contributed by atoms with Crippen LogP contribution in [-0.4, -0.2) is 55.5 Å². The van der Waals surface area contributed by atoms with E-state index < -0.39 is 12.0 Å².